The van der Waals surface area contributed by atoms with E-state index in [2.05, 4.69) is 22.5 Å². The number of nitrogens with zero attached hydrogens (tertiary/aromatic N) is 1. The van der Waals surface area contributed by atoms with Crippen molar-refractivity contribution in [2.45, 2.75) is 25.0 Å². The maximum absolute atomic E-state index is 11.4. The van der Waals surface area contributed by atoms with Gasteiger partial charge in [0, 0.05) is 20.1 Å². The summed E-state index contributed by atoms with van der Waals surface area (Å²) in [7, 11) is -2.02. The zero-order valence-corrected chi connectivity index (χ0v) is 19.8. The highest BCUT2D eigenvalue weighted by Gasteiger charge is 2.09. The predicted octanol–water partition coefficient (Wildman–Crippen LogP) is 2.47. The topological polar surface area (TPSA) is 106 Å². The normalized spacial score (nSPS) is 12.7. The van der Waals surface area contributed by atoms with Crippen molar-refractivity contribution in [2.24, 2.45) is 16.0 Å². The molecule has 0 bridgehead atoms. The highest BCUT2D eigenvalue weighted by atomic mass is 127. The fourth-order valence-electron chi connectivity index (χ4n) is 2.52. The Kier molecular flexibility index (Phi) is 11.2. The van der Waals surface area contributed by atoms with Crippen LogP contribution >= 0.6 is 24.0 Å². The summed E-state index contributed by atoms with van der Waals surface area (Å²) in [6.45, 7) is 4.46. The van der Waals surface area contributed by atoms with E-state index in [1.807, 2.05) is 36.4 Å². The lowest BCUT2D eigenvalue weighted by Crippen LogP contribution is -2.39. The second kappa shape index (κ2) is 12.8. The van der Waals surface area contributed by atoms with E-state index in [-0.39, 0.29) is 28.9 Å². The number of primary sulfonamides is 1. The van der Waals surface area contributed by atoms with Gasteiger partial charge in [-0.1, -0.05) is 49.4 Å². The molecule has 2 aromatic rings. The van der Waals surface area contributed by atoms with E-state index in [9.17, 15) is 8.42 Å². The number of hydrogen-bond donors (Lipinski definition) is 3. The molecule has 0 spiro atoms. The Morgan fingerprint density at radius 1 is 1.10 bits per heavy atom. The monoisotopic (exact) mass is 532 g/mol. The van der Waals surface area contributed by atoms with E-state index < -0.39 is 10.0 Å². The zero-order chi connectivity index (χ0) is 20.4. The van der Waals surface area contributed by atoms with Gasteiger partial charge in [0.05, 0.1) is 18.1 Å². The smallest absolute Gasteiger partial charge is 0.238 e. The Morgan fingerprint density at radius 2 is 1.79 bits per heavy atom. The van der Waals surface area contributed by atoms with E-state index in [4.69, 9.17) is 9.88 Å². The third-order valence-electron chi connectivity index (χ3n) is 4.04. The van der Waals surface area contributed by atoms with Gasteiger partial charge in [0.2, 0.25) is 10.0 Å². The van der Waals surface area contributed by atoms with Crippen LogP contribution in [0.2, 0.25) is 0 Å². The first-order valence-electron chi connectivity index (χ1n) is 9.06. The van der Waals surface area contributed by atoms with Crippen LogP contribution in [-0.2, 0) is 27.9 Å². The number of nitrogens with one attached hydrogen (secondary N) is 2. The Balaban J connectivity index is 0.00000420. The summed E-state index contributed by atoms with van der Waals surface area (Å²) in [6.07, 6.45) is 0. The fraction of sp³-hybridized carbons (Fsp3) is 0.350. The van der Waals surface area contributed by atoms with Crippen LogP contribution in [0.25, 0.3) is 0 Å². The summed E-state index contributed by atoms with van der Waals surface area (Å²) in [4.78, 5) is 4.28. The van der Waals surface area contributed by atoms with Gasteiger partial charge >= 0.3 is 0 Å². The second-order valence-corrected chi connectivity index (χ2v) is 8.17. The van der Waals surface area contributed by atoms with Crippen LogP contribution in [0.5, 0.6) is 0 Å². The molecule has 9 heteroatoms. The van der Waals surface area contributed by atoms with Crippen LogP contribution in [0.15, 0.2) is 64.5 Å². The molecule has 0 aliphatic rings. The van der Waals surface area contributed by atoms with Crippen LogP contribution in [0.4, 0.5) is 0 Å². The minimum absolute atomic E-state index is 0. The molecule has 160 valence electrons. The minimum Gasteiger partial charge on any atom is -0.376 e. The summed E-state index contributed by atoms with van der Waals surface area (Å²) in [6, 6.07) is 16.6. The van der Waals surface area contributed by atoms with Crippen molar-refractivity contribution in [2.75, 3.05) is 20.2 Å². The van der Waals surface area contributed by atoms with E-state index in [1.54, 1.807) is 19.2 Å². The number of nitrogens with two attached hydrogens (primary N) is 1. The summed E-state index contributed by atoms with van der Waals surface area (Å²) in [5.74, 6) is 0.934. The summed E-state index contributed by atoms with van der Waals surface area (Å²) in [5.41, 5.74) is 1.95. The standard InChI is InChI=1S/C20H28N4O3S.HI/c1-16(14-27-15-17-7-4-3-5-8-17)12-23-20(22-2)24-13-18-9-6-10-19(11-18)28(21,25)26;/h3-11,16H,12-15H2,1-2H3,(H2,21,25,26)(H2,22,23,24);1H. The van der Waals surface area contributed by atoms with Crippen LogP contribution in [0, 0.1) is 5.92 Å². The highest BCUT2D eigenvalue weighted by Crippen LogP contribution is 2.09. The average Bonchev–Trinajstić information content (AvgIpc) is 2.68. The van der Waals surface area contributed by atoms with Gasteiger partial charge in [0.1, 0.15) is 0 Å². The Labute approximate surface area is 190 Å². The molecule has 0 radical (unpaired) electrons. The molecule has 2 rings (SSSR count). The number of rotatable bonds is 9. The number of hydrogen-bond acceptors (Lipinski definition) is 4. The molecular weight excluding hydrogens is 503 g/mol. The first kappa shape index (κ1) is 25.3. The molecule has 1 atom stereocenters. The molecular formula is C20H29IN4O3S. The number of guanidine groups is 1. The average molecular weight is 532 g/mol. The lowest BCUT2D eigenvalue weighted by atomic mass is 10.2. The highest BCUT2D eigenvalue weighted by molar-refractivity contribution is 14.0. The van der Waals surface area contributed by atoms with Gasteiger partial charge < -0.3 is 15.4 Å². The molecule has 0 heterocycles. The predicted molar refractivity (Wildman–Crippen MR) is 127 cm³/mol. The number of sulfonamides is 1. The number of aliphatic imine (C=N–C) groups is 1. The first-order chi connectivity index (χ1) is 13.4. The van der Waals surface area contributed by atoms with Gasteiger partial charge in [-0.15, -0.1) is 24.0 Å². The van der Waals surface area contributed by atoms with Crippen LogP contribution in [-0.4, -0.2) is 34.6 Å². The van der Waals surface area contributed by atoms with Crippen LogP contribution in [0.1, 0.15) is 18.1 Å². The number of benzene rings is 2. The molecule has 4 N–H and O–H groups in total. The summed E-state index contributed by atoms with van der Waals surface area (Å²) >= 11 is 0. The molecule has 0 saturated heterocycles. The van der Waals surface area contributed by atoms with Gasteiger partial charge in [0.15, 0.2) is 5.96 Å². The van der Waals surface area contributed by atoms with Gasteiger partial charge in [-0.2, -0.15) is 0 Å². The molecule has 0 fully saturated rings. The maximum atomic E-state index is 11.4. The molecule has 29 heavy (non-hydrogen) atoms. The molecule has 2 aromatic carbocycles. The Morgan fingerprint density at radius 3 is 2.45 bits per heavy atom. The maximum Gasteiger partial charge on any atom is 0.238 e. The van der Waals surface area contributed by atoms with Crippen molar-refractivity contribution in [1.82, 2.24) is 10.6 Å². The van der Waals surface area contributed by atoms with Crippen molar-refractivity contribution in [3.63, 3.8) is 0 Å². The lowest BCUT2D eigenvalue weighted by Gasteiger charge is -2.16. The van der Waals surface area contributed by atoms with Crippen LogP contribution < -0.4 is 15.8 Å². The molecule has 7 nitrogen and oxygen atoms in total. The van der Waals surface area contributed by atoms with E-state index in [0.29, 0.717) is 38.2 Å². The van der Waals surface area contributed by atoms with Gasteiger partial charge in [-0.05, 0) is 29.2 Å². The lowest BCUT2D eigenvalue weighted by molar-refractivity contribution is 0.0931. The van der Waals surface area contributed by atoms with Crippen LogP contribution in [0.3, 0.4) is 0 Å². The molecule has 0 aliphatic heterocycles. The zero-order valence-electron chi connectivity index (χ0n) is 16.7. The molecule has 1 unspecified atom stereocenters. The first-order valence-corrected chi connectivity index (χ1v) is 10.6. The van der Waals surface area contributed by atoms with Crippen molar-refractivity contribution in [3.05, 3.63) is 65.7 Å². The second-order valence-electron chi connectivity index (χ2n) is 6.60. The molecule has 0 aliphatic carbocycles. The number of halogens is 1. The Bertz CT molecular complexity index is 876. The van der Waals surface area contributed by atoms with Gasteiger partial charge in [0.25, 0.3) is 0 Å². The summed E-state index contributed by atoms with van der Waals surface area (Å²) < 4.78 is 28.6. The number of ether oxygens (including phenoxy) is 1. The third kappa shape index (κ3) is 9.57. The quantitative estimate of drug-likeness (QED) is 0.262. The minimum atomic E-state index is -3.71. The van der Waals surface area contributed by atoms with Crippen molar-refractivity contribution in [1.29, 1.82) is 0 Å². The molecule has 0 saturated carbocycles. The van der Waals surface area contributed by atoms with Gasteiger partial charge in [-0.3, -0.25) is 4.99 Å². The SMILES string of the molecule is CN=C(NCc1cccc(S(N)(=O)=O)c1)NCC(C)COCc1ccccc1.I. The fourth-order valence-corrected chi connectivity index (χ4v) is 3.10. The Hall–Kier alpha value is -1.69. The largest absolute Gasteiger partial charge is 0.376 e. The van der Waals surface area contributed by atoms with E-state index >= 15 is 0 Å². The van der Waals surface area contributed by atoms with E-state index in [1.165, 1.54) is 6.07 Å². The van der Waals surface area contributed by atoms with Crippen molar-refractivity contribution in [3.8, 4) is 0 Å². The van der Waals surface area contributed by atoms with Gasteiger partial charge in [-0.25, -0.2) is 13.6 Å². The third-order valence-corrected chi connectivity index (χ3v) is 4.95. The molecule has 0 amide bonds. The van der Waals surface area contributed by atoms with Crippen molar-refractivity contribution < 1.29 is 13.2 Å². The summed E-state index contributed by atoms with van der Waals surface area (Å²) in [5, 5.41) is 11.6. The van der Waals surface area contributed by atoms with Crippen molar-refractivity contribution >= 4 is 40.0 Å². The molecule has 0 aromatic heterocycles. The van der Waals surface area contributed by atoms with E-state index in [0.717, 1.165) is 11.1 Å².